The van der Waals surface area contributed by atoms with Gasteiger partial charge in [0.2, 0.25) is 5.91 Å². The van der Waals surface area contributed by atoms with Gasteiger partial charge < -0.3 is 20.6 Å². The summed E-state index contributed by atoms with van der Waals surface area (Å²) in [5, 5.41) is 12.4. The first-order valence-electron chi connectivity index (χ1n) is 10.1. The van der Waals surface area contributed by atoms with Gasteiger partial charge in [0.1, 0.15) is 18.5 Å². The number of carbonyl (C=O) groups is 1. The fourth-order valence-corrected chi connectivity index (χ4v) is 4.24. The Balaban J connectivity index is 1.39. The van der Waals surface area contributed by atoms with E-state index >= 15 is 0 Å². The van der Waals surface area contributed by atoms with Gasteiger partial charge in [-0.2, -0.15) is 0 Å². The Kier molecular flexibility index (Phi) is 5.99. The van der Waals surface area contributed by atoms with E-state index in [-0.39, 0.29) is 13.0 Å². The number of aliphatic hydroxyl groups is 1. The minimum absolute atomic E-state index is 0.115. The number of nitrogens with zero attached hydrogens (tertiary/aromatic N) is 1. The number of halogens is 1. The normalized spacial score (nSPS) is 15.2. The molecular formula is C23H26ClN3O3. The van der Waals surface area contributed by atoms with Crippen molar-refractivity contribution in [2.45, 2.75) is 32.4 Å². The van der Waals surface area contributed by atoms with Crippen LogP contribution in [-0.2, 0) is 24.2 Å². The van der Waals surface area contributed by atoms with Gasteiger partial charge in [-0.3, -0.25) is 9.69 Å². The zero-order valence-corrected chi connectivity index (χ0v) is 17.7. The Morgan fingerprint density at radius 3 is 2.97 bits per heavy atom. The molecule has 2 aromatic carbocycles. The zero-order valence-electron chi connectivity index (χ0n) is 17.0. The third kappa shape index (κ3) is 4.61. The molecule has 0 aliphatic carbocycles. The van der Waals surface area contributed by atoms with E-state index in [2.05, 4.69) is 9.88 Å². The lowest BCUT2D eigenvalue weighted by Gasteiger charge is -2.29. The van der Waals surface area contributed by atoms with Crippen molar-refractivity contribution < 1.29 is 14.6 Å². The number of nitrogens with two attached hydrogens (primary N) is 1. The number of aliphatic hydroxyl groups excluding tert-OH is 1. The number of hydrogen-bond donors (Lipinski definition) is 3. The third-order valence-corrected chi connectivity index (χ3v) is 5.74. The summed E-state index contributed by atoms with van der Waals surface area (Å²) in [6.07, 6.45) is 0.363. The van der Waals surface area contributed by atoms with Crippen molar-refractivity contribution in [3.05, 3.63) is 63.8 Å². The number of ether oxygens (including phenoxy) is 1. The van der Waals surface area contributed by atoms with Crippen LogP contribution in [0.25, 0.3) is 10.9 Å². The van der Waals surface area contributed by atoms with Crippen LogP contribution in [0.4, 0.5) is 0 Å². The molecule has 0 radical (unpaired) electrons. The number of primary amides is 1. The van der Waals surface area contributed by atoms with E-state index in [0.29, 0.717) is 12.3 Å². The maximum atomic E-state index is 11.3. The van der Waals surface area contributed by atoms with E-state index in [9.17, 15) is 9.90 Å². The molecule has 0 spiro atoms. The Morgan fingerprint density at radius 1 is 1.33 bits per heavy atom. The van der Waals surface area contributed by atoms with E-state index < -0.39 is 12.0 Å². The van der Waals surface area contributed by atoms with Gasteiger partial charge in [0.15, 0.2) is 0 Å². The van der Waals surface area contributed by atoms with Gasteiger partial charge in [0, 0.05) is 53.2 Å². The van der Waals surface area contributed by atoms with Crippen LogP contribution in [0.5, 0.6) is 5.75 Å². The number of benzene rings is 2. The lowest BCUT2D eigenvalue weighted by atomic mass is 10.0. The number of fused-ring (bicyclic) bond motifs is 3. The van der Waals surface area contributed by atoms with Crippen molar-refractivity contribution in [3.63, 3.8) is 0 Å². The maximum Gasteiger partial charge on any atom is 0.221 e. The summed E-state index contributed by atoms with van der Waals surface area (Å²) < 4.78 is 5.85. The predicted molar refractivity (Wildman–Crippen MR) is 118 cm³/mol. The lowest BCUT2D eigenvalue weighted by molar-refractivity contribution is -0.117. The van der Waals surface area contributed by atoms with Crippen molar-refractivity contribution in [2.75, 3.05) is 19.7 Å². The zero-order chi connectivity index (χ0) is 21.3. The summed E-state index contributed by atoms with van der Waals surface area (Å²) >= 11 is 6.18. The molecule has 4 rings (SSSR count). The number of amides is 1. The molecular weight excluding hydrogens is 402 g/mol. The monoisotopic (exact) mass is 427 g/mol. The third-order valence-electron chi connectivity index (χ3n) is 5.50. The molecule has 1 atom stereocenters. The molecule has 158 valence electrons. The van der Waals surface area contributed by atoms with Crippen LogP contribution in [0.1, 0.15) is 22.4 Å². The smallest absolute Gasteiger partial charge is 0.221 e. The second kappa shape index (κ2) is 8.68. The summed E-state index contributed by atoms with van der Waals surface area (Å²) in [5.74, 6) is 0.187. The molecule has 1 unspecified atom stereocenters. The molecule has 30 heavy (non-hydrogen) atoms. The van der Waals surface area contributed by atoms with Crippen LogP contribution in [0.3, 0.4) is 0 Å². The standard InChI is InChI=1S/C23H26ClN3O3/c1-14-2-3-15(9-23(25)29)22(8-14)30-13-17(28)11-27-7-6-21-19(12-27)18-10-16(24)4-5-20(18)26-21/h2-5,8,10,17,26,28H,6-7,9,11-13H2,1H3,(H2,25,29). The summed E-state index contributed by atoms with van der Waals surface area (Å²) in [6, 6.07) is 11.5. The largest absolute Gasteiger partial charge is 0.491 e. The number of nitrogens with one attached hydrogen (secondary N) is 1. The highest BCUT2D eigenvalue weighted by Crippen LogP contribution is 2.30. The molecule has 0 saturated carbocycles. The molecule has 3 aromatic rings. The number of aromatic amines is 1. The van der Waals surface area contributed by atoms with E-state index in [1.165, 1.54) is 11.3 Å². The Morgan fingerprint density at radius 2 is 2.17 bits per heavy atom. The van der Waals surface area contributed by atoms with Gasteiger partial charge in [-0.25, -0.2) is 0 Å². The van der Waals surface area contributed by atoms with Gasteiger partial charge in [-0.15, -0.1) is 0 Å². The number of carbonyl (C=O) groups excluding carboxylic acids is 1. The average Bonchev–Trinajstić information content (AvgIpc) is 3.05. The molecule has 4 N–H and O–H groups in total. The van der Waals surface area contributed by atoms with Gasteiger partial charge >= 0.3 is 0 Å². The molecule has 0 bridgehead atoms. The molecule has 2 heterocycles. The minimum atomic E-state index is -0.651. The van der Waals surface area contributed by atoms with E-state index in [1.54, 1.807) is 0 Å². The Bertz CT molecular complexity index is 1080. The molecule has 0 fully saturated rings. The number of aromatic nitrogens is 1. The quantitative estimate of drug-likeness (QED) is 0.540. The SMILES string of the molecule is Cc1ccc(CC(N)=O)c(OCC(O)CN2CCc3[nH]c4ccc(Cl)cc4c3C2)c1. The number of hydrogen-bond acceptors (Lipinski definition) is 4. The fourth-order valence-electron chi connectivity index (χ4n) is 4.06. The van der Waals surface area contributed by atoms with Crippen molar-refractivity contribution in [1.82, 2.24) is 9.88 Å². The molecule has 1 amide bonds. The second-order valence-electron chi connectivity index (χ2n) is 7.98. The fraction of sp³-hybridized carbons (Fsp3) is 0.348. The van der Waals surface area contributed by atoms with Crippen LogP contribution in [0, 0.1) is 6.92 Å². The topological polar surface area (TPSA) is 91.6 Å². The van der Waals surface area contributed by atoms with E-state index in [0.717, 1.165) is 46.6 Å². The Hall–Kier alpha value is -2.54. The molecule has 6 nitrogen and oxygen atoms in total. The van der Waals surface area contributed by atoms with E-state index in [1.807, 2.05) is 43.3 Å². The highest BCUT2D eigenvalue weighted by molar-refractivity contribution is 6.31. The summed E-state index contributed by atoms with van der Waals surface area (Å²) in [4.78, 5) is 17.0. The van der Waals surface area contributed by atoms with Gasteiger partial charge in [0.05, 0.1) is 6.42 Å². The van der Waals surface area contributed by atoms with Crippen molar-refractivity contribution in [1.29, 1.82) is 0 Å². The Labute approximate surface area is 180 Å². The first kappa shape index (κ1) is 20.7. The van der Waals surface area contributed by atoms with Crippen molar-refractivity contribution >= 4 is 28.4 Å². The van der Waals surface area contributed by atoms with Crippen LogP contribution in [0.2, 0.25) is 5.02 Å². The molecule has 1 aliphatic heterocycles. The lowest BCUT2D eigenvalue weighted by Crippen LogP contribution is -2.38. The van der Waals surface area contributed by atoms with Gasteiger partial charge in [-0.05, 0) is 42.3 Å². The highest BCUT2D eigenvalue weighted by Gasteiger charge is 2.23. The average molecular weight is 428 g/mol. The number of rotatable bonds is 7. The molecule has 1 aliphatic rings. The minimum Gasteiger partial charge on any atom is -0.491 e. The maximum absolute atomic E-state index is 11.3. The molecule has 1 aromatic heterocycles. The van der Waals surface area contributed by atoms with Crippen LogP contribution in [0.15, 0.2) is 36.4 Å². The molecule has 7 heteroatoms. The number of aryl methyl sites for hydroxylation is 1. The summed E-state index contributed by atoms with van der Waals surface area (Å²) in [6.45, 7) is 4.23. The van der Waals surface area contributed by atoms with Gasteiger partial charge in [0.25, 0.3) is 0 Å². The van der Waals surface area contributed by atoms with Crippen LogP contribution >= 0.6 is 11.6 Å². The van der Waals surface area contributed by atoms with E-state index in [4.69, 9.17) is 22.1 Å². The highest BCUT2D eigenvalue weighted by atomic mass is 35.5. The van der Waals surface area contributed by atoms with Crippen LogP contribution in [-0.4, -0.2) is 46.7 Å². The van der Waals surface area contributed by atoms with Crippen molar-refractivity contribution in [3.8, 4) is 5.75 Å². The predicted octanol–water partition coefficient (Wildman–Crippen LogP) is 2.96. The number of H-pyrrole nitrogens is 1. The second-order valence-corrected chi connectivity index (χ2v) is 8.41. The van der Waals surface area contributed by atoms with Crippen molar-refractivity contribution in [2.24, 2.45) is 5.73 Å². The first-order chi connectivity index (χ1) is 14.4. The number of β-amino-alcohol motifs (C(OH)–C–C–N with tert-alkyl or cyclic N) is 1. The van der Waals surface area contributed by atoms with Crippen LogP contribution < -0.4 is 10.5 Å². The summed E-state index contributed by atoms with van der Waals surface area (Å²) in [5.41, 5.74) is 10.7. The molecule has 0 saturated heterocycles. The first-order valence-corrected chi connectivity index (χ1v) is 10.5. The van der Waals surface area contributed by atoms with Gasteiger partial charge in [-0.1, -0.05) is 23.7 Å². The summed E-state index contributed by atoms with van der Waals surface area (Å²) in [7, 11) is 0.